The third kappa shape index (κ3) is 2.65. The summed E-state index contributed by atoms with van der Waals surface area (Å²) in [7, 11) is 1.70. The lowest BCUT2D eigenvalue weighted by atomic mass is 9.85. The molecule has 6 heteroatoms. The van der Waals surface area contributed by atoms with E-state index in [1.165, 1.54) is 4.90 Å². The molecule has 1 aromatic heterocycles. The Morgan fingerprint density at radius 2 is 1.88 bits per heavy atom. The molecule has 2 aliphatic carbocycles. The van der Waals surface area contributed by atoms with Gasteiger partial charge in [0.05, 0.1) is 11.8 Å². The van der Waals surface area contributed by atoms with Crippen LogP contribution in [0.25, 0.3) is 0 Å². The number of nitrogens with zero attached hydrogens (tertiary/aromatic N) is 3. The number of hydrogen-bond donors (Lipinski definition) is 0. The van der Waals surface area contributed by atoms with Crippen LogP contribution in [0.5, 0.6) is 0 Å². The Morgan fingerprint density at radius 1 is 1.20 bits per heavy atom. The molecule has 4 atom stereocenters. The van der Waals surface area contributed by atoms with Crippen molar-refractivity contribution in [1.82, 2.24) is 14.8 Å². The van der Waals surface area contributed by atoms with Crippen LogP contribution in [-0.2, 0) is 20.8 Å². The highest BCUT2D eigenvalue weighted by Crippen LogP contribution is 2.52. The Bertz CT molecular complexity index is 716. The highest BCUT2D eigenvalue weighted by Gasteiger charge is 2.59. The standard InChI is InChI=1S/C19H21N3O3/c1-21(9-7-14-4-2-3-8-20-14)15(23)11-22-18(24)16-12-5-6-13(10-12)17(16)19(22)25/h2-6,8,12-13,16-17H,7,9-11H2,1H3/t12-,13-,16+,17+/m0/s1. The van der Waals surface area contributed by atoms with E-state index in [-0.39, 0.29) is 47.9 Å². The number of carbonyl (C=O) groups excluding carboxylic acids is 3. The fourth-order valence-corrected chi connectivity index (χ4v) is 4.33. The van der Waals surface area contributed by atoms with Crippen LogP contribution < -0.4 is 0 Å². The second kappa shape index (κ2) is 6.10. The summed E-state index contributed by atoms with van der Waals surface area (Å²) in [5, 5.41) is 0. The Morgan fingerprint density at radius 3 is 2.48 bits per heavy atom. The quantitative estimate of drug-likeness (QED) is 0.590. The zero-order valence-electron chi connectivity index (χ0n) is 14.2. The van der Waals surface area contributed by atoms with Crippen molar-refractivity contribution in [3.8, 4) is 0 Å². The predicted octanol–water partition coefficient (Wildman–Crippen LogP) is 0.890. The van der Waals surface area contributed by atoms with E-state index in [0.717, 1.165) is 12.1 Å². The number of rotatable bonds is 5. The third-order valence-electron chi connectivity index (χ3n) is 5.71. The molecule has 1 saturated heterocycles. The lowest BCUT2D eigenvalue weighted by Gasteiger charge is -2.21. The molecule has 3 amide bonds. The largest absolute Gasteiger partial charge is 0.344 e. The van der Waals surface area contributed by atoms with Gasteiger partial charge in [0.1, 0.15) is 6.54 Å². The van der Waals surface area contributed by atoms with Gasteiger partial charge in [-0.05, 0) is 30.4 Å². The number of aromatic nitrogens is 1. The average Bonchev–Trinajstić information content (AvgIpc) is 3.30. The minimum absolute atomic E-state index is 0.150. The topological polar surface area (TPSA) is 70.6 Å². The number of allylic oxidation sites excluding steroid dienone is 2. The van der Waals surface area contributed by atoms with Crippen molar-refractivity contribution < 1.29 is 14.4 Å². The van der Waals surface area contributed by atoms with Gasteiger partial charge in [-0.3, -0.25) is 24.3 Å². The number of fused-ring (bicyclic) bond motifs is 5. The number of imide groups is 1. The smallest absolute Gasteiger partial charge is 0.242 e. The van der Waals surface area contributed by atoms with Gasteiger partial charge < -0.3 is 4.90 Å². The van der Waals surface area contributed by atoms with E-state index in [1.54, 1.807) is 18.1 Å². The van der Waals surface area contributed by atoms with E-state index in [1.807, 2.05) is 18.2 Å². The Labute approximate surface area is 146 Å². The first-order valence-electron chi connectivity index (χ1n) is 8.73. The Balaban J connectivity index is 1.36. The molecule has 6 nitrogen and oxygen atoms in total. The molecule has 2 bridgehead atoms. The van der Waals surface area contributed by atoms with Crippen molar-refractivity contribution in [2.24, 2.45) is 23.7 Å². The van der Waals surface area contributed by atoms with E-state index >= 15 is 0 Å². The van der Waals surface area contributed by atoms with Gasteiger partial charge in [-0.15, -0.1) is 0 Å². The molecule has 2 fully saturated rings. The van der Waals surface area contributed by atoms with Crippen LogP contribution in [0.1, 0.15) is 12.1 Å². The number of hydrogen-bond acceptors (Lipinski definition) is 4. The zero-order valence-corrected chi connectivity index (χ0v) is 14.2. The lowest BCUT2D eigenvalue weighted by Crippen LogP contribution is -2.43. The molecule has 130 valence electrons. The molecule has 4 rings (SSSR count). The van der Waals surface area contributed by atoms with Gasteiger partial charge in [0, 0.05) is 31.9 Å². The highest BCUT2D eigenvalue weighted by atomic mass is 16.2. The highest BCUT2D eigenvalue weighted by molar-refractivity contribution is 6.08. The first-order valence-corrected chi connectivity index (χ1v) is 8.73. The van der Waals surface area contributed by atoms with E-state index in [0.29, 0.717) is 13.0 Å². The second-order valence-electron chi connectivity index (χ2n) is 7.15. The summed E-state index contributed by atoms with van der Waals surface area (Å²) < 4.78 is 0. The molecule has 3 aliphatic rings. The van der Waals surface area contributed by atoms with Crippen LogP contribution in [0.3, 0.4) is 0 Å². The molecule has 0 spiro atoms. The van der Waals surface area contributed by atoms with E-state index < -0.39 is 0 Å². The van der Waals surface area contributed by atoms with E-state index in [2.05, 4.69) is 17.1 Å². The van der Waals surface area contributed by atoms with Crippen molar-refractivity contribution in [2.45, 2.75) is 12.8 Å². The van der Waals surface area contributed by atoms with E-state index in [4.69, 9.17) is 0 Å². The summed E-state index contributed by atoms with van der Waals surface area (Å²) in [6, 6.07) is 5.67. The summed E-state index contributed by atoms with van der Waals surface area (Å²) >= 11 is 0. The van der Waals surface area contributed by atoms with Crippen molar-refractivity contribution >= 4 is 17.7 Å². The molecular formula is C19H21N3O3. The molecule has 25 heavy (non-hydrogen) atoms. The maximum Gasteiger partial charge on any atom is 0.242 e. The maximum atomic E-state index is 12.6. The molecule has 1 aliphatic heterocycles. The van der Waals surface area contributed by atoms with Crippen LogP contribution >= 0.6 is 0 Å². The summed E-state index contributed by atoms with van der Waals surface area (Å²) in [4.78, 5) is 44.7. The second-order valence-corrected chi connectivity index (χ2v) is 7.15. The van der Waals surface area contributed by atoms with Gasteiger partial charge >= 0.3 is 0 Å². The summed E-state index contributed by atoms with van der Waals surface area (Å²) in [5.74, 6) is -0.681. The number of likely N-dealkylation sites (N-methyl/N-ethyl adjacent to an activating group) is 1. The molecule has 0 radical (unpaired) electrons. The maximum absolute atomic E-state index is 12.6. The molecular weight excluding hydrogens is 318 g/mol. The van der Waals surface area contributed by atoms with Crippen LogP contribution in [0.2, 0.25) is 0 Å². The zero-order chi connectivity index (χ0) is 17.6. The van der Waals surface area contributed by atoms with Gasteiger partial charge in [0.2, 0.25) is 17.7 Å². The van der Waals surface area contributed by atoms with Gasteiger partial charge in [-0.1, -0.05) is 18.2 Å². The molecule has 0 N–H and O–H groups in total. The molecule has 0 unspecified atom stereocenters. The molecule has 1 aromatic rings. The number of carbonyl (C=O) groups is 3. The van der Waals surface area contributed by atoms with Crippen molar-refractivity contribution in [1.29, 1.82) is 0 Å². The minimum Gasteiger partial charge on any atom is -0.344 e. The number of likely N-dealkylation sites (tertiary alicyclic amines) is 1. The number of pyridine rings is 1. The van der Waals surface area contributed by atoms with Gasteiger partial charge in [-0.2, -0.15) is 0 Å². The molecule has 2 heterocycles. The van der Waals surface area contributed by atoms with Crippen molar-refractivity contribution in [3.05, 3.63) is 42.2 Å². The SMILES string of the molecule is CN(CCc1ccccn1)C(=O)CN1C(=O)[C@H]2[C@H](C1=O)[C@H]1C=C[C@H]2C1. The predicted molar refractivity (Wildman–Crippen MR) is 90.0 cm³/mol. The monoisotopic (exact) mass is 339 g/mol. The molecule has 0 aromatic carbocycles. The summed E-state index contributed by atoms with van der Waals surface area (Å²) in [5.41, 5.74) is 0.910. The summed E-state index contributed by atoms with van der Waals surface area (Å²) in [6.07, 6.45) is 7.38. The fourth-order valence-electron chi connectivity index (χ4n) is 4.33. The normalized spacial score (nSPS) is 29.4. The van der Waals surface area contributed by atoms with Gasteiger partial charge in [-0.25, -0.2) is 0 Å². The first kappa shape index (κ1) is 16.0. The van der Waals surface area contributed by atoms with Crippen LogP contribution in [0, 0.1) is 23.7 Å². The van der Waals surface area contributed by atoms with Crippen LogP contribution in [0.15, 0.2) is 36.5 Å². The van der Waals surface area contributed by atoms with Crippen LogP contribution in [0.4, 0.5) is 0 Å². The summed E-state index contributed by atoms with van der Waals surface area (Å²) in [6.45, 7) is 0.356. The Hall–Kier alpha value is -2.50. The molecule has 1 saturated carbocycles. The van der Waals surface area contributed by atoms with Crippen molar-refractivity contribution in [2.75, 3.05) is 20.1 Å². The minimum atomic E-state index is -0.242. The van der Waals surface area contributed by atoms with Crippen LogP contribution in [-0.4, -0.2) is 52.6 Å². The fraction of sp³-hybridized carbons (Fsp3) is 0.474. The van der Waals surface area contributed by atoms with Crippen molar-refractivity contribution in [3.63, 3.8) is 0 Å². The lowest BCUT2D eigenvalue weighted by molar-refractivity contribution is -0.146. The number of amides is 3. The van der Waals surface area contributed by atoms with E-state index in [9.17, 15) is 14.4 Å². The third-order valence-corrected chi connectivity index (χ3v) is 5.71. The van der Waals surface area contributed by atoms with Gasteiger partial charge in [0.15, 0.2) is 0 Å². The first-order chi connectivity index (χ1) is 12.1. The van der Waals surface area contributed by atoms with Gasteiger partial charge in [0.25, 0.3) is 0 Å². The Kier molecular flexibility index (Phi) is 3.90. The average molecular weight is 339 g/mol.